The predicted molar refractivity (Wildman–Crippen MR) is 42.4 cm³/mol. The average Bonchev–Trinajstić information content (AvgIpc) is 1.87. The largest absolute Gasteiger partial charge is 0.365 e. The van der Waals surface area contributed by atoms with Crippen LogP contribution in [0.4, 0.5) is 0 Å². The van der Waals surface area contributed by atoms with Crippen LogP contribution in [-0.4, -0.2) is 16.2 Å². The monoisotopic (exact) mass is 176 g/mol. The van der Waals surface area contributed by atoms with Crippen LogP contribution in [0.2, 0.25) is 0 Å². The van der Waals surface area contributed by atoms with Crippen LogP contribution in [-0.2, 0) is 4.79 Å². The van der Waals surface area contributed by atoms with Crippen molar-refractivity contribution >= 4 is 17.7 Å². The molecule has 0 aliphatic carbocycles. The summed E-state index contributed by atoms with van der Waals surface area (Å²) in [5.74, 6) is -0.719. The maximum Gasteiger partial charge on any atom is 0.260 e. The third-order valence-corrected chi connectivity index (χ3v) is 1.88. The van der Waals surface area contributed by atoms with Gasteiger partial charge in [-0.2, -0.15) is 0 Å². The molecule has 0 saturated carbocycles. The summed E-state index contributed by atoms with van der Waals surface area (Å²) in [5.41, 5.74) is 4.80. The third kappa shape index (κ3) is 3.61. The Bertz CT molecular complexity index is 204. The average molecular weight is 176 g/mol. The van der Waals surface area contributed by atoms with Gasteiger partial charge in [-0.3, -0.25) is 14.9 Å². The molecule has 0 radical (unpaired) electrons. The lowest BCUT2D eigenvalue weighted by molar-refractivity contribution is -0.490. The minimum Gasteiger partial charge on any atom is -0.365 e. The van der Waals surface area contributed by atoms with E-state index in [-0.39, 0.29) is 4.91 Å². The second-order valence-electron chi connectivity index (χ2n) is 1.79. The summed E-state index contributed by atoms with van der Waals surface area (Å²) in [6, 6.07) is 0. The number of primary amides is 1. The molecule has 0 rings (SSSR count). The summed E-state index contributed by atoms with van der Waals surface area (Å²) in [7, 11) is 0. The highest BCUT2D eigenvalue weighted by atomic mass is 32.2. The van der Waals surface area contributed by atoms with Gasteiger partial charge in [0.15, 0.2) is 0 Å². The van der Waals surface area contributed by atoms with Crippen molar-refractivity contribution in [2.45, 2.75) is 12.3 Å². The molecule has 0 bridgehead atoms. The van der Waals surface area contributed by atoms with Crippen molar-refractivity contribution in [2.75, 3.05) is 0 Å². The van der Waals surface area contributed by atoms with Crippen molar-refractivity contribution in [1.82, 2.24) is 0 Å². The molecule has 0 spiro atoms. The molecule has 0 aliphatic rings. The fourth-order valence-electron chi connectivity index (χ4n) is 0.307. The highest BCUT2D eigenvalue weighted by molar-refractivity contribution is 8.04. The smallest absolute Gasteiger partial charge is 0.260 e. The normalized spacial score (nSPS) is 12.1. The van der Waals surface area contributed by atoms with Crippen LogP contribution in [0, 0.1) is 10.1 Å². The Morgan fingerprint density at radius 1 is 1.82 bits per heavy atom. The number of hydrogen-bond donors (Lipinski definition) is 1. The number of rotatable bonds is 4. The molecule has 0 aromatic rings. The molecule has 1 atom stereocenters. The summed E-state index contributed by atoms with van der Waals surface area (Å²) in [6.07, 6.45) is 0. The first-order chi connectivity index (χ1) is 4.95. The highest BCUT2D eigenvalue weighted by Crippen LogP contribution is 2.19. The van der Waals surface area contributed by atoms with E-state index in [4.69, 9.17) is 5.73 Å². The molecule has 1 unspecified atom stereocenters. The molecular formula is C5H8N2O3S. The Hall–Kier alpha value is -1.04. The van der Waals surface area contributed by atoms with Gasteiger partial charge < -0.3 is 5.73 Å². The lowest BCUT2D eigenvalue weighted by atomic mass is 10.6. The van der Waals surface area contributed by atoms with E-state index < -0.39 is 16.2 Å². The molecule has 11 heavy (non-hydrogen) atoms. The standard InChI is InChI=1S/C5H8N2O3S/c1-3(5(6)8)11-4(2)7(9)10/h4H,1H2,2H3,(H2,6,8). The van der Waals surface area contributed by atoms with Gasteiger partial charge in [-0.25, -0.2) is 0 Å². The molecule has 0 heterocycles. The molecule has 0 saturated heterocycles. The van der Waals surface area contributed by atoms with Crippen molar-refractivity contribution < 1.29 is 9.72 Å². The van der Waals surface area contributed by atoms with E-state index in [1.54, 1.807) is 0 Å². The lowest BCUT2D eigenvalue weighted by Crippen LogP contribution is -2.16. The Morgan fingerprint density at radius 3 is 2.55 bits per heavy atom. The summed E-state index contributed by atoms with van der Waals surface area (Å²) >= 11 is 0.748. The van der Waals surface area contributed by atoms with E-state index in [0.29, 0.717) is 0 Å². The third-order valence-electron chi connectivity index (χ3n) is 0.885. The Balaban J connectivity index is 3.95. The van der Waals surface area contributed by atoms with E-state index in [9.17, 15) is 14.9 Å². The van der Waals surface area contributed by atoms with Gasteiger partial charge in [0.05, 0.1) is 4.91 Å². The molecule has 1 amide bonds. The molecule has 0 aliphatic heterocycles. The van der Waals surface area contributed by atoms with Crippen LogP contribution in [0.5, 0.6) is 0 Å². The number of nitrogens with two attached hydrogens (primary N) is 1. The maximum atomic E-state index is 10.3. The molecule has 0 fully saturated rings. The zero-order chi connectivity index (χ0) is 9.02. The van der Waals surface area contributed by atoms with Crippen molar-refractivity contribution in [3.8, 4) is 0 Å². The van der Waals surface area contributed by atoms with Crippen LogP contribution in [0.25, 0.3) is 0 Å². The van der Waals surface area contributed by atoms with Crippen LogP contribution in [0.15, 0.2) is 11.5 Å². The lowest BCUT2D eigenvalue weighted by Gasteiger charge is -2.01. The van der Waals surface area contributed by atoms with E-state index >= 15 is 0 Å². The Kier molecular flexibility index (Phi) is 3.59. The summed E-state index contributed by atoms with van der Waals surface area (Å²) in [4.78, 5) is 19.9. The van der Waals surface area contributed by atoms with Crippen LogP contribution in [0.3, 0.4) is 0 Å². The van der Waals surface area contributed by atoms with E-state index in [1.807, 2.05) is 0 Å². The number of carbonyl (C=O) groups excluding carboxylic acids is 1. The number of thioether (sulfide) groups is 1. The van der Waals surface area contributed by atoms with Gasteiger partial charge in [-0.1, -0.05) is 6.58 Å². The van der Waals surface area contributed by atoms with Crippen LogP contribution >= 0.6 is 11.8 Å². The number of hydrogen-bond acceptors (Lipinski definition) is 4. The number of nitrogens with zero attached hydrogens (tertiary/aromatic N) is 1. The summed E-state index contributed by atoms with van der Waals surface area (Å²) < 4.78 is 0. The van der Waals surface area contributed by atoms with Gasteiger partial charge in [0.2, 0.25) is 0 Å². The van der Waals surface area contributed by atoms with Crippen LogP contribution < -0.4 is 5.73 Å². The van der Waals surface area contributed by atoms with Gasteiger partial charge in [-0.15, -0.1) is 0 Å². The second-order valence-corrected chi connectivity index (χ2v) is 3.20. The molecule has 0 aromatic carbocycles. The first-order valence-corrected chi connectivity index (χ1v) is 3.62. The molecule has 0 aromatic heterocycles. The van der Waals surface area contributed by atoms with E-state index in [1.165, 1.54) is 6.92 Å². The topological polar surface area (TPSA) is 86.2 Å². The SMILES string of the molecule is C=C(SC(C)[N+](=O)[O-])C(N)=O. The summed E-state index contributed by atoms with van der Waals surface area (Å²) in [6.45, 7) is 4.62. The predicted octanol–water partition coefficient (Wildman–Crippen LogP) is 0.341. The van der Waals surface area contributed by atoms with Gasteiger partial charge in [0, 0.05) is 11.8 Å². The molecule has 62 valence electrons. The van der Waals surface area contributed by atoms with Gasteiger partial charge >= 0.3 is 0 Å². The Morgan fingerprint density at radius 2 is 2.27 bits per heavy atom. The minimum atomic E-state index is -0.880. The highest BCUT2D eigenvalue weighted by Gasteiger charge is 2.17. The van der Waals surface area contributed by atoms with E-state index in [2.05, 4.69) is 6.58 Å². The summed E-state index contributed by atoms with van der Waals surface area (Å²) in [5, 5.41) is 9.17. The zero-order valence-electron chi connectivity index (χ0n) is 5.94. The second kappa shape index (κ2) is 3.97. The van der Waals surface area contributed by atoms with Crippen molar-refractivity contribution in [3.05, 3.63) is 21.6 Å². The fourth-order valence-corrected chi connectivity index (χ4v) is 0.921. The first-order valence-electron chi connectivity index (χ1n) is 2.74. The van der Waals surface area contributed by atoms with Gasteiger partial charge in [-0.05, 0) is 11.8 Å². The molecular weight excluding hydrogens is 168 g/mol. The number of nitro groups is 1. The van der Waals surface area contributed by atoms with Crippen LogP contribution in [0.1, 0.15) is 6.92 Å². The van der Waals surface area contributed by atoms with Gasteiger partial charge in [0.1, 0.15) is 0 Å². The quantitative estimate of drug-likeness (QED) is 0.289. The van der Waals surface area contributed by atoms with E-state index in [0.717, 1.165) is 11.8 Å². The number of carbonyl (C=O) groups is 1. The van der Waals surface area contributed by atoms with Crippen molar-refractivity contribution in [1.29, 1.82) is 0 Å². The number of amides is 1. The maximum absolute atomic E-state index is 10.3. The van der Waals surface area contributed by atoms with Gasteiger partial charge in [0.25, 0.3) is 11.3 Å². The minimum absolute atomic E-state index is 0.00852. The first kappa shape index (κ1) is 9.96. The zero-order valence-corrected chi connectivity index (χ0v) is 6.76. The fraction of sp³-hybridized carbons (Fsp3) is 0.400. The molecule has 6 heteroatoms. The van der Waals surface area contributed by atoms with Crippen molar-refractivity contribution in [2.24, 2.45) is 5.73 Å². The molecule has 5 nitrogen and oxygen atoms in total. The molecule has 2 N–H and O–H groups in total. The van der Waals surface area contributed by atoms with Crippen molar-refractivity contribution in [3.63, 3.8) is 0 Å². The Labute approximate surface area is 67.8 Å².